The molecule has 1 heterocycles. The van der Waals surface area contributed by atoms with Gasteiger partial charge in [-0.1, -0.05) is 18.2 Å². The van der Waals surface area contributed by atoms with Crippen molar-refractivity contribution in [2.24, 2.45) is 5.84 Å². The molecule has 0 aliphatic carbocycles. The zero-order valence-corrected chi connectivity index (χ0v) is 11.0. The summed E-state index contributed by atoms with van der Waals surface area (Å²) < 4.78 is 44.4. The number of benzene rings is 1. The number of pyridine rings is 1. The highest BCUT2D eigenvalue weighted by Crippen LogP contribution is 2.34. The molecule has 1 aromatic heterocycles. The summed E-state index contributed by atoms with van der Waals surface area (Å²) in [6.45, 7) is -0.0463. The summed E-state index contributed by atoms with van der Waals surface area (Å²) in [6.07, 6.45) is -2.24. The molecule has 1 unspecified atom stereocenters. The van der Waals surface area contributed by atoms with E-state index in [0.717, 1.165) is 18.5 Å². The highest BCUT2D eigenvalue weighted by molar-refractivity contribution is 5.30. The van der Waals surface area contributed by atoms with Gasteiger partial charge in [-0.2, -0.15) is 13.2 Å². The third-order valence-corrected chi connectivity index (χ3v) is 2.89. The van der Waals surface area contributed by atoms with Gasteiger partial charge in [-0.25, -0.2) is 5.43 Å². The number of nitrogens with two attached hydrogens (primary N) is 1. The number of aromatic nitrogens is 1. The van der Waals surface area contributed by atoms with Gasteiger partial charge in [0.25, 0.3) is 0 Å². The maximum atomic E-state index is 13.0. The lowest BCUT2D eigenvalue weighted by Crippen LogP contribution is -2.34. The van der Waals surface area contributed by atoms with Gasteiger partial charge in [-0.15, -0.1) is 0 Å². The maximum absolute atomic E-state index is 13.0. The van der Waals surface area contributed by atoms with E-state index < -0.39 is 17.8 Å². The van der Waals surface area contributed by atoms with Crippen molar-refractivity contribution in [1.29, 1.82) is 0 Å². The van der Waals surface area contributed by atoms with Crippen molar-refractivity contribution >= 4 is 0 Å². The second kappa shape index (κ2) is 6.55. The van der Waals surface area contributed by atoms with Gasteiger partial charge < -0.3 is 4.74 Å². The zero-order valence-electron chi connectivity index (χ0n) is 11.0. The highest BCUT2D eigenvalue weighted by Gasteiger charge is 2.35. The quantitative estimate of drug-likeness (QED) is 0.658. The van der Waals surface area contributed by atoms with Crippen LogP contribution in [-0.2, 0) is 6.18 Å². The van der Waals surface area contributed by atoms with E-state index in [-0.39, 0.29) is 12.2 Å². The van der Waals surface area contributed by atoms with Gasteiger partial charge in [0.05, 0.1) is 11.6 Å². The van der Waals surface area contributed by atoms with Crippen LogP contribution in [0.4, 0.5) is 13.2 Å². The summed E-state index contributed by atoms with van der Waals surface area (Å²) in [5, 5.41) is 0. The Morgan fingerprint density at radius 1 is 1.19 bits per heavy atom. The smallest absolute Gasteiger partial charge is 0.416 e. The van der Waals surface area contributed by atoms with Gasteiger partial charge in [0.2, 0.25) is 0 Å². The first-order valence-electron chi connectivity index (χ1n) is 6.17. The summed E-state index contributed by atoms with van der Waals surface area (Å²) in [5.41, 5.74) is 1.50. The fourth-order valence-electron chi connectivity index (χ4n) is 1.87. The second-order valence-corrected chi connectivity index (χ2v) is 4.30. The van der Waals surface area contributed by atoms with Gasteiger partial charge in [0.1, 0.15) is 12.4 Å². The van der Waals surface area contributed by atoms with E-state index >= 15 is 0 Å². The Labute approximate surface area is 119 Å². The molecule has 3 N–H and O–H groups in total. The van der Waals surface area contributed by atoms with Crippen molar-refractivity contribution in [3.8, 4) is 5.75 Å². The van der Waals surface area contributed by atoms with E-state index in [2.05, 4.69) is 10.4 Å². The van der Waals surface area contributed by atoms with E-state index in [0.29, 0.717) is 5.75 Å². The molecule has 1 aromatic carbocycles. The number of para-hydroxylation sites is 1. The van der Waals surface area contributed by atoms with Crippen molar-refractivity contribution in [3.63, 3.8) is 0 Å². The molecule has 4 nitrogen and oxygen atoms in total. The molecule has 0 fully saturated rings. The van der Waals surface area contributed by atoms with Crippen LogP contribution >= 0.6 is 0 Å². The van der Waals surface area contributed by atoms with Crippen molar-refractivity contribution in [2.45, 2.75) is 12.2 Å². The number of hydrogen-bond donors (Lipinski definition) is 2. The largest absolute Gasteiger partial charge is 0.492 e. The highest BCUT2D eigenvalue weighted by atomic mass is 19.4. The molecular weight excluding hydrogens is 283 g/mol. The van der Waals surface area contributed by atoms with Crippen LogP contribution < -0.4 is 16.0 Å². The predicted molar refractivity (Wildman–Crippen MR) is 71.2 cm³/mol. The average molecular weight is 297 g/mol. The first kappa shape index (κ1) is 15.3. The molecule has 0 bridgehead atoms. The number of alkyl halides is 3. The minimum absolute atomic E-state index is 0.0463. The van der Waals surface area contributed by atoms with Crippen LogP contribution in [0, 0.1) is 0 Å². The zero-order chi connectivity index (χ0) is 15.3. The fraction of sp³-hybridized carbons (Fsp3) is 0.214. The Morgan fingerprint density at radius 2 is 1.90 bits per heavy atom. The lowest BCUT2D eigenvalue weighted by Gasteiger charge is -2.20. The van der Waals surface area contributed by atoms with Crippen molar-refractivity contribution in [1.82, 2.24) is 10.4 Å². The van der Waals surface area contributed by atoms with Gasteiger partial charge >= 0.3 is 6.18 Å². The summed E-state index contributed by atoms with van der Waals surface area (Å²) >= 11 is 0. The molecular formula is C14H14F3N3O. The molecule has 1 atom stereocenters. The van der Waals surface area contributed by atoms with Gasteiger partial charge in [-0.05, 0) is 18.2 Å². The Kier molecular flexibility index (Phi) is 4.77. The Balaban J connectivity index is 2.18. The summed E-state index contributed by atoms with van der Waals surface area (Å²) in [4.78, 5) is 3.73. The van der Waals surface area contributed by atoms with Crippen LogP contribution in [0.2, 0.25) is 0 Å². The minimum Gasteiger partial charge on any atom is -0.492 e. The van der Waals surface area contributed by atoms with E-state index in [1.807, 2.05) is 6.07 Å². The van der Waals surface area contributed by atoms with E-state index in [4.69, 9.17) is 10.6 Å². The first-order chi connectivity index (χ1) is 10.0. The number of nitrogens with zero attached hydrogens (tertiary/aromatic N) is 1. The lowest BCUT2D eigenvalue weighted by molar-refractivity contribution is -0.138. The van der Waals surface area contributed by atoms with Crippen LogP contribution in [0.15, 0.2) is 48.8 Å². The molecule has 21 heavy (non-hydrogen) atoms. The topological polar surface area (TPSA) is 60.2 Å². The molecule has 0 radical (unpaired) electrons. The summed E-state index contributed by atoms with van der Waals surface area (Å²) in [6, 6.07) is 8.87. The van der Waals surface area contributed by atoms with E-state index in [1.54, 1.807) is 24.3 Å². The van der Waals surface area contributed by atoms with Crippen molar-refractivity contribution in [2.75, 3.05) is 6.61 Å². The monoisotopic (exact) mass is 297 g/mol. The van der Waals surface area contributed by atoms with E-state index in [1.165, 1.54) is 0 Å². The van der Waals surface area contributed by atoms with Crippen molar-refractivity contribution in [3.05, 3.63) is 59.9 Å². The average Bonchev–Trinajstić information content (AvgIpc) is 2.48. The normalized spacial score (nSPS) is 13.0. The van der Waals surface area contributed by atoms with Crippen LogP contribution in [0.3, 0.4) is 0 Å². The lowest BCUT2D eigenvalue weighted by atomic mass is 10.0. The second-order valence-electron chi connectivity index (χ2n) is 4.30. The van der Waals surface area contributed by atoms with E-state index in [9.17, 15) is 13.2 Å². The van der Waals surface area contributed by atoms with Crippen LogP contribution in [0.25, 0.3) is 0 Å². The minimum atomic E-state index is -4.47. The molecule has 2 rings (SSSR count). The maximum Gasteiger partial charge on any atom is 0.416 e. The Morgan fingerprint density at radius 3 is 2.52 bits per heavy atom. The number of hydrazine groups is 1. The van der Waals surface area contributed by atoms with Crippen LogP contribution in [0.1, 0.15) is 17.2 Å². The summed E-state index contributed by atoms with van der Waals surface area (Å²) in [7, 11) is 0. The molecule has 0 amide bonds. The van der Waals surface area contributed by atoms with Gasteiger partial charge in [0.15, 0.2) is 0 Å². The molecule has 112 valence electrons. The molecule has 0 aliphatic heterocycles. The van der Waals surface area contributed by atoms with Gasteiger partial charge in [0, 0.05) is 18.0 Å². The van der Waals surface area contributed by atoms with Gasteiger partial charge in [-0.3, -0.25) is 10.8 Å². The standard InChI is InChI=1S/C14H14F3N3O/c15-14(16,17)12-6-7-19-8-11(12)13(20-18)9-21-10-4-2-1-3-5-10/h1-8,13,20H,9,18H2. The number of hydrogen-bond acceptors (Lipinski definition) is 4. The van der Waals surface area contributed by atoms with Crippen LogP contribution in [-0.4, -0.2) is 11.6 Å². The summed E-state index contributed by atoms with van der Waals surface area (Å²) in [5.74, 6) is 5.91. The SMILES string of the molecule is NNC(COc1ccccc1)c1cnccc1C(F)(F)F. The third kappa shape index (κ3) is 3.93. The molecule has 0 saturated carbocycles. The molecule has 0 spiro atoms. The predicted octanol–water partition coefficient (Wildman–Crippen LogP) is 2.68. The number of rotatable bonds is 5. The number of halogens is 3. The van der Waals surface area contributed by atoms with Crippen LogP contribution in [0.5, 0.6) is 5.75 Å². The number of ether oxygens (including phenoxy) is 1. The molecule has 0 saturated heterocycles. The Bertz CT molecular complexity index is 575. The molecule has 0 aliphatic rings. The third-order valence-electron chi connectivity index (χ3n) is 2.89. The fourth-order valence-corrected chi connectivity index (χ4v) is 1.87. The number of nitrogens with one attached hydrogen (secondary N) is 1. The molecule has 7 heteroatoms. The van der Waals surface area contributed by atoms with Crippen molar-refractivity contribution < 1.29 is 17.9 Å². The first-order valence-corrected chi connectivity index (χ1v) is 6.17. The Hall–Kier alpha value is -2.12. The molecule has 2 aromatic rings.